The number of hydrogen-bond donors (Lipinski definition) is 1. The van der Waals surface area contributed by atoms with E-state index in [1.807, 2.05) is 6.92 Å². The van der Waals surface area contributed by atoms with Gasteiger partial charge in [0.1, 0.15) is 0 Å². The monoisotopic (exact) mass is 173 g/mol. The summed E-state index contributed by atoms with van der Waals surface area (Å²) < 4.78 is 11.0. The Morgan fingerprint density at radius 1 is 1.67 bits per heavy atom. The van der Waals surface area contributed by atoms with E-state index < -0.39 is 0 Å². The number of rotatable bonds is 4. The van der Waals surface area contributed by atoms with Gasteiger partial charge in [0.25, 0.3) is 0 Å². The van der Waals surface area contributed by atoms with Crippen molar-refractivity contribution < 1.29 is 9.47 Å². The van der Waals surface area contributed by atoms with E-state index in [0.717, 1.165) is 26.2 Å². The molecule has 1 aliphatic rings. The Bertz CT molecular complexity index is 134. The summed E-state index contributed by atoms with van der Waals surface area (Å²) in [5.74, 6) is 0.474. The fourth-order valence-corrected chi connectivity index (χ4v) is 1.69. The Hall–Kier alpha value is -0.120. The molecule has 0 aromatic carbocycles. The second kappa shape index (κ2) is 4.21. The minimum atomic E-state index is -0.175. The van der Waals surface area contributed by atoms with Crippen LogP contribution in [0.5, 0.6) is 0 Å². The first-order valence-electron chi connectivity index (χ1n) is 4.64. The van der Waals surface area contributed by atoms with E-state index in [9.17, 15) is 0 Å². The van der Waals surface area contributed by atoms with Gasteiger partial charge < -0.3 is 15.2 Å². The van der Waals surface area contributed by atoms with E-state index in [1.54, 1.807) is 0 Å². The quantitative estimate of drug-likeness (QED) is 0.683. The van der Waals surface area contributed by atoms with Gasteiger partial charge >= 0.3 is 0 Å². The van der Waals surface area contributed by atoms with Crippen LogP contribution in [-0.4, -0.2) is 32.0 Å². The van der Waals surface area contributed by atoms with Crippen LogP contribution in [0.2, 0.25) is 0 Å². The first-order valence-corrected chi connectivity index (χ1v) is 4.64. The van der Waals surface area contributed by atoms with Gasteiger partial charge in [-0.2, -0.15) is 0 Å². The van der Waals surface area contributed by atoms with Crippen LogP contribution in [0.3, 0.4) is 0 Å². The highest BCUT2D eigenvalue weighted by atomic mass is 16.5. The minimum absolute atomic E-state index is 0.175. The normalized spacial score (nSPS) is 28.8. The molecule has 2 N–H and O–H groups in total. The highest BCUT2D eigenvalue weighted by molar-refractivity contribution is 4.87. The van der Waals surface area contributed by atoms with Crippen molar-refractivity contribution >= 4 is 0 Å². The molecule has 12 heavy (non-hydrogen) atoms. The third-order valence-corrected chi connectivity index (χ3v) is 2.67. The third kappa shape index (κ3) is 1.97. The van der Waals surface area contributed by atoms with Crippen LogP contribution in [0.1, 0.15) is 20.3 Å². The molecule has 0 bridgehead atoms. The van der Waals surface area contributed by atoms with Crippen LogP contribution in [0.4, 0.5) is 0 Å². The molecule has 3 nitrogen and oxygen atoms in total. The Morgan fingerprint density at radius 2 is 2.42 bits per heavy atom. The fraction of sp³-hybridized carbons (Fsp3) is 1.00. The maximum Gasteiger partial charge on any atom is 0.0826 e. The largest absolute Gasteiger partial charge is 0.381 e. The van der Waals surface area contributed by atoms with Crippen molar-refractivity contribution in [3.05, 3.63) is 0 Å². The van der Waals surface area contributed by atoms with E-state index in [1.165, 1.54) is 0 Å². The summed E-state index contributed by atoms with van der Waals surface area (Å²) in [5, 5.41) is 0. The van der Waals surface area contributed by atoms with Crippen LogP contribution in [0, 0.1) is 5.92 Å². The van der Waals surface area contributed by atoms with Crippen molar-refractivity contribution in [2.75, 3.05) is 26.4 Å². The highest BCUT2D eigenvalue weighted by Gasteiger charge is 2.36. The molecule has 0 aliphatic carbocycles. The molecule has 0 aromatic rings. The topological polar surface area (TPSA) is 44.5 Å². The summed E-state index contributed by atoms with van der Waals surface area (Å²) >= 11 is 0. The first-order chi connectivity index (χ1) is 5.73. The number of nitrogens with two attached hydrogens (primary N) is 1. The molecule has 72 valence electrons. The maximum atomic E-state index is 5.69. The summed E-state index contributed by atoms with van der Waals surface area (Å²) in [5.41, 5.74) is 5.52. The summed E-state index contributed by atoms with van der Waals surface area (Å²) in [6.07, 6.45) is 1.08. The van der Waals surface area contributed by atoms with Crippen molar-refractivity contribution in [3.63, 3.8) is 0 Å². The van der Waals surface area contributed by atoms with Crippen molar-refractivity contribution in [1.29, 1.82) is 0 Å². The molecular weight excluding hydrogens is 154 g/mol. The average Bonchev–Trinajstić information content (AvgIpc) is 2.57. The molecule has 2 atom stereocenters. The van der Waals surface area contributed by atoms with Gasteiger partial charge in [0, 0.05) is 25.7 Å². The second-order valence-electron chi connectivity index (χ2n) is 3.51. The Balaban J connectivity index is 2.51. The van der Waals surface area contributed by atoms with Crippen LogP contribution in [0.25, 0.3) is 0 Å². The second-order valence-corrected chi connectivity index (χ2v) is 3.51. The van der Waals surface area contributed by atoms with Crippen LogP contribution in [0.15, 0.2) is 0 Å². The molecule has 0 amide bonds. The molecule has 0 saturated carbocycles. The minimum Gasteiger partial charge on any atom is -0.381 e. The lowest BCUT2D eigenvalue weighted by atomic mass is 9.88. The molecular formula is C9H19NO2. The van der Waals surface area contributed by atoms with Gasteiger partial charge in [0.2, 0.25) is 0 Å². The first kappa shape index (κ1) is 9.96. The van der Waals surface area contributed by atoms with Crippen molar-refractivity contribution in [2.24, 2.45) is 11.7 Å². The van der Waals surface area contributed by atoms with Crippen LogP contribution >= 0.6 is 0 Å². The van der Waals surface area contributed by atoms with Gasteiger partial charge in [-0.1, -0.05) is 0 Å². The van der Waals surface area contributed by atoms with Crippen LogP contribution < -0.4 is 5.73 Å². The molecule has 1 aliphatic heterocycles. The Morgan fingerprint density at radius 3 is 2.83 bits per heavy atom. The highest BCUT2D eigenvalue weighted by Crippen LogP contribution is 2.28. The molecule has 0 aromatic heterocycles. The molecule has 0 spiro atoms. The van der Waals surface area contributed by atoms with E-state index >= 15 is 0 Å². The Kier molecular flexibility index (Phi) is 3.50. The van der Waals surface area contributed by atoms with E-state index in [0.29, 0.717) is 12.5 Å². The number of hydrogen-bond acceptors (Lipinski definition) is 3. The summed E-state index contributed by atoms with van der Waals surface area (Å²) in [6, 6.07) is 0. The SMILES string of the molecule is CCOC(C)(CN)C1CCOC1. The zero-order valence-electron chi connectivity index (χ0n) is 8.01. The predicted molar refractivity (Wildman–Crippen MR) is 48.0 cm³/mol. The number of ether oxygens (including phenoxy) is 2. The predicted octanol–water partition coefficient (Wildman–Crippen LogP) is 0.777. The van der Waals surface area contributed by atoms with Gasteiger partial charge in [0.05, 0.1) is 12.2 Å². The van der Waals surface area contributed by atoms with Crippen LogP contribution in [-0.2, 0) is 9.47 Å². The fourth-order valence-electron chi connectivity index (χ4n) is 1.69. The smallest absolute Gasteiger partial charge is 0.0826 e. The summed E-state index contributed by atoms with van der Waals surface area (Å²) in [4.78, 5) is 0. The van der Waals surface area contributed by atoms with E-state index in [2.05, 4.69) is 6.92 Å². The Labute approximate surface area is 74.2 Å². The maximum absolute atomic E-state index is 5.69. The van der Waals surface area contributed by atoms with Crippen molar-refractivity contribution in [2.45, 2.75) is 25.9 Å². The molecule has 1 saturated heterocycles. The molecule has 1 rings (SSSR count). The average molecular weight is 173 g/mol. The van der Waals surface area contributed by atoms with E-state index in [4.69, 9.17) is 15.2 Å². The van der Waals surface area contributed by atoms with Gasteiger partial charge in [-0.25, -0.2) is 0 Å². The summed E-state index contributed by atoms with van der Waals surface area (Å²) in [6.45, 7) is 7.04. The third-order valence-electron chi connectivity index (χ3n) is 2.67. The molecule has 2 unspecified atom stereocenters. The molecule has 3 heteroatoms. The molecule has 1 fully saturated rings. The van der Waals surface area contributed by atoms with Gasteiger partial charge in [-0.05, 0) is 20.3 Å². The van der Waals surface area contributed by atoms with Crippen molar-refractivity contribution in [3.8, 4) is 0 Å². The molecule has 0 radical (unpaired) electrons. The zero-order valence-corrected chi connectivity index (χ0v) is 8.01. The van der Waals surface area contributed by atoms with Crippen molar-refractivity contribution in [1.82, 2.24) is 0 Å². The van der Waals surface area contributed by atoms with E-state index in [-0.39, 0.29) is 5.60 Å². The molecule has 1 heterocycles. The lowest BCUT2D eigenvalue weighted by Gasteiger charge is -2.33. The zero-order chi connectivity index (χ0) is 9.03. The summed E-state index contributed by atoms with van der Waals surface area (Å²) in [7, 11) is 0. The lowest BCUT2D eigenvalue weighted by molar-refractivity contribution is -0.0625. The van der Waals surface area contributed by atoms with Gasteiger partial charge in [0.15, 0.2) is 0 Å². The standard InChI is InChI=1S/C9H19NO2/c1-3-12-9(2,7-10)8-4-5-11-6-8/h8H,3-7,10H2,1-2H3. The van der Waals surface area contributed by atoms with Gasteiger partial charge in [-0.15, -0.1) is 0 Å². The lowest BCUT2D eigenvalue weighted by Crippen LogP contribution is -2.45. The van der Waals surface area contributed by atoms with Gasteiger partial charge in [-0.3, -0.25) is 0 Å².